The molecule has 86 valence electrons. The molecule has 5 heteroatoms. The molecule has 1 atom stereocenters. The van der Waals surface area contributed by atoms with Gasteiger partial charge >= 0.3 is 0 Å². The van der Waals surface area contributed by atoms with E-state index in [1.54, 1.807) is 0 Å². The van der Waals surface area contributed by atoms with Crippen LogP contribution in [-0.4, -0.2) is 25.7 Å². The van der Waals surface area contributed by atoms with Gasteiger partial charge < -0.3 is 10.2 Å². The van der Waals surface area contributed by atoms with Crippen LogP contribution in [0.2, 0.25) is 10.0 Å². The second-order valence-electron chi connectivity index (χ2n) is 4.24. The molecule has 0 aliphatic carbocycles. The van der Waals surface area contributed by atoms with Crippen LogP contribution in [0.3, 0.4) is 0 Å². The molecule has 1 N–H and O–H groups in total. The smallest absolute Gasteiger partial charge is 0.130 e. The van der Waals surface area contributed by atoms with Gasteiger partial charge in [0.25, 0.3) is 0 Å². The van der Waals surface area contributed by atoms with Gasteiger partial charge in [-0.05, 0) is 12.5 Å². The topological polar surface area (TPSA) is 15.3 Å². The number of benzene rings is 1. The normalized spacial score (nSPS) is 23.2. The average Bonchev–Trinajstić information content (AvgIpc) is 2.66. The molecule has 3 rings (SSSR count). The fourth-order valence-corrected chi connectivity index (χ4v) is 3.05. The molecular formula is C11H11Cl2FN2. The van der Waals surface area contributed by atoms with Gasteiger partial charge in [-0.3, -0.25) is 0 Å². The number of halogens is 3. The molecule has 0 aromatic heterocycles. The minimum absolute atomic E-state index is 0.237. The number of hydrogen-bond acceptors (Lipinski definition) is 2. The van der Waals surface area contributed by atoms with Crippen molar-refractivity contribution in [3.05, 3.63) is 27.5 Å². The van der Waals surface area contributed by atoms with E-state index in [-0.39, 0.29) is 5.82 Å². The predicted octanol–water partition coefficient (Wildman–Crippen LogP) is 2.47. The Morgan fingerprint density at radius 1 is 1.44 bits per heavy atom. The van der Waals surface area contributed by atoms with Crippen molar-refractivity contribution in [3.8, 4) is 0 Å². The lowest BCUT2D eigenvalue weighted by Crippen LogP contribution is -2.49. The lowest BCUT2D eigenvalue weighted by Gasteiger charge is -2.33. The van der Waals surface area contributed by atoms with Gasteiger partial charge in [0.2, 0.25) is 0 Å². The predicted molar refractivity (Wildman–Crippen MR) is 64.1 cm³/mol. The second kappa shape index (κ2) is 3.76. The Morgan fingerprint density at radius 3 is 3.06 bits per heavy atom. The van der Waals surface area contributed by atoms with E-state index in [1.807, 2.05) is 0 Å². The van der Waals surface area contributed by atoms with Crippen LogP contribution in [0.25, 0.3) is 0 Å². The molecule has 2 heterocycles. The van der Waals surface area contributed by atoms with Crippen LogP contribution in [0.15, 0.2) is 6.07 Å². The third-order valence-electron chi connectivity index (χ3n) is 3.32. The number of hydrogen-bond donors (Lipinski definition) is 1. The van der Waals surface area contributed by atoms with Gasteiger partial charge in [0, 0.05) is 31.2 Å². The van der Waals surface area contributed by atoms with E-state index in [2.05, 4.69) is 10.2 Å². The summed E-state index contributed by atoms with van der Waals surface area (Å²) in [5.41, 5.74) is 1.52. The molecule has 1 saturated heterocycles. The third kappa shape index (κ3) is 1.42. The summed E-state index contributed by atoms with van der Waals surface area (Å²) < 4.78 is 13.8. The lowest BCUT2D eigenvalue weighted by atomic mass is 10.1. The number of rotatable bonds is 0. The maximum absolute atomic E-state index is 13.8. The van der Waals surface area contributed by atoms with Gasteiger partial charge in [0.1, 0.15) is 5.82 Å². The quantitative estimate of drug-likeness (QED) is 0.722. The Hall–Kier alpha value is -0.510. The van der Waals surface area contributed by atoms with Crippen molar-refractivity contribution in [3.63, 3.8) is 0 Å². The van der Waals surface area contributed by atoms with Crippen LogP contribution in [0.4, 0.5) is 10.1 Å². The first-order chi connectivity index (χ1) is 7.68. The van der Waals surface area contributed by atoms with Crippen LogP contribution in [0, 0.1) is 5.82 Å². The summed E-state index contributed by atoms with van der Waals surface area (Å²) in [6.07, 6.45) is 0.713. The molecule has 16 heavy (non-hydrogen) atoms. The van der Waals surface area contributed by atoms with E-state index >= 15 is 0 Å². The monoisotopic (exact) mass is 260 g/mol. The minimum atomic E-state index is -0.237. The van der Waals surface area contributed by atoms with E-state index < -0.39 is 0 Å². The highest BCUT2D eigenvalue weighted by molar-refractivity contribution is 6.44. The zero-order chi connectivity index (χ0) is 11.3. The highest BCUT2D eigenvalue weighted by Gasteiger charge is 2.35. The molecule has 0 bridgehead atoms. The van der Waals surface area contributed by atoms with Crippen molar-refractivity contribution < 1.29 is 4.39 Å². The number of piperazine rings is 1. The summed E-state index contributed by atoms with van der Waals surface area (Å²) in [6, 6.07) is 1.63. The van der Waals surface area contributed by atoms with E-state index in [4.69, 9.17) is 23.2 Å². The fourth-order valence-electron chi connectivity index (χ4n) is 2.59. The number of nitrogens with one attached hydrogen (secondary N) is 1. The molecular weight excluding hydrogens is 250 g/mol. The van der Waals surface area contributed by atoms with Crippen molar-refractivity contribution in [2.45, 2.75) is 12.5 Å². The van der Waals surface area contributed by atoms with Crippen LogP contribution in [0.5, 0.6) is 0 Å². The summed E-state index contributed by atoms with van der Waals surface area (Å²) in [5, 5.41) is 4.10. The molecule has 1 aromatic rings. The maximum Gasteiger partial charge on any atom is 0.130 e. The van der Waals surface area contributed by atoms with Gasteiger partial charge in [-0.15, -0.1) is 0 Å². The summed E-state index contributed by atoms with van der Waals surface area (Å²) in [7, 11) is 0. The summed E-state index contributed by atoms with van der Waals surface area (Å²) >= 11 is 12.1. The third-order valence-corrected chi connectivity index (χ3v) is 4.10. The van der Waals surface area contributed by atoms with Gasteiger partial charge in [-0.25, -0.2) is 4.39 Å². The molecule has 0 spiro atoms. The molecule has 2 nitrogen and oxygen atoms in total. The molecule has 1 fully saturated rings. The SMILES string of the molecule is Fc1cc(Cl)c(Cl)c2c1CC1CNCCN21. The van der Waals surface area contributed by atoms with Crippen LogP contribution in [-0.2, 0) is 6.42 Å². The first-order valence-electron chi connectivity index (χ1n) is 5.32. The van der Waals surface area contributed by atoms with Gasteiger partial charge in [-0.1, -0.05) is 23.2 Å². The van der Waals surface area contributed by atoms with Crippen LogP contribution < -0.4 is 10.2 Å². The molecule has 0 radical (unpaired) electrons. The number of nitrogens with zero attached hydrogens (tertiary/aromatic N) is 1. The van der Waals surface area contributed by atoms with E-state index in [0.29, 0.717) is 28.1 Å². The van der Waals surface area contributed by atoms with Crippen LogP contribution in [0.1, 0.15) is 5.56 Å². The summed E-state index contributed by atoms with van der Waals surface area (Å²) in [5.74, 6) is -0.237. The molecule has 1 aromatic carbocycles. The number of fused-ring (bicyclic) bond motifs is 3. The van der Waals surface area contributed by atoms with Crippen molar-refractivity contribution >= 4 is 28.9 Å². The molecule has 0 amide bonds. The Bertz CT molecular complexity index is 450. The van der Waals surface area contributed by atoms with Crippen molar-refractivity contribution in [2.24, 2.45) is 0 Å². The van der Waals surface area contributed by atoms with E-state index in [9.17, 15) is 4.39 Å². The summed E-state index contributed by atoms with van der Waals surface area (Å²) in [6.45, 7) is 2.64. The molecule has 0 saturated carbocycles. The maximum atomic E-state index is 13.8. The minimum Gasteiger partial charge on any atom is -0.364 e. The Morgan fingerprint density at radius 2 is 2.25 bits per heavy atom. The molecule has 2 aliphatic heterocycles. The lowest BCUT2D eigenvalue weighted by molar-refractivity contribution is 0.492. The Kier molecular flexibility index (Phi) is 2.50. The highest BCUT2D eigenvalue weighted by Crippen LogP contribution is 2.43. The van der Waals surface area contributed by atoms with Gasteiger partial charge in [-0.2, -0.15) is 0 Å². The van der Waals surface area contributed by atoms with Crippen molar-refractivity contribution in [2.75, 3.05) is 24.5 Å². The second-order valence-corrected chi connectivity index (χ2v) is 5.02. The molecule has 2 aliphatic rings. The van der Waals surface area contributed by atoms with Gasteiger partial charge in [0.15, 0.2) is 0 Å². The average molecular weight is 261 g/mol. The van der Waals surface area contributed by atoms with Crippen molar-refractivity contribution in [1.82, 2.24) is 5.32 Å². The number of anilines is 1. The highest BCUT2D eigenvalue weighted by atomic mass is 35.5. The Balaban J connectivity index is 2.15. The molecule has 1 unspecified atom stereocenters. The van der Waals surface area contributed by atoms with Crippen LogP contribution >= 0.6 is 23.2 Å². The first kappa shape index (κ1) is 10.6. The Labute approximate surface area is 103 Å². The standard InChI is InChI=1S/C11H11Cl2FN2/c12-8-4-9(14)7-3-6-5-15-1-2-16(6)11(7)10(8)13/h4,6,15H,1-3,5H2. The zero-order valence-electron chi connectivity index (χ0n) is 8.56. The van der Waals surface area contributed by atoms with Gasteiger partial charge in [0.05, 0.1) is 15.7 Å². The largest absolute Gasteiger partial charge is 0.364 e. The first-order valence-corrected chi connectivity index (χ1v) is 6.08. The zero-order valence-corrected chi connectivity index (χ0v) is 10.1. The summed E-state index contributed by atoms with van der Waals surface area (Å²) in [4.78, 5) is 2.17. The van der Waals surface area contributed by atoms with E-state index in [0.717, 1.165) is 25.3 Å². The fraction of sp³-hybridized carbons (Fsp3) is 0.455. The van der Waals surface area contributed by atoms with E-state index in [1.165, 1.54) is 6.07 Å². The van der Waals surface area contributed by atoms with Crippen molar-refractivity contribution in [1.29, 1.82) is 0 Å².